The number of fused-ring (bicyclic) bond motifs is 1. The Bertz CT molecular complexity index is 1430. The van der Waals surface area contributed by atoms with Crippen molar-refractivity contribution in [1.29, 1.82) is 0 Å². The lowest BCUT2D eigenvalue weighted by atomic mass is 9.96. The monoisotopic (exact) mass is 529 g/mol. The number of nitrogens with one attached hydrogen (secondary N) is 2. The number of aromatic nitrogens is 3. The quantitative estimate of drug-likeness (QED) is 0.525. The summed E-state index contributed by atoms with van der Waals surface area (Å²) in [4.78, 5) is 51.8. The fourth-order valence-corrected chi connectivity index (χ4v) is 5.52. The van der Waals surface area contributed by atoms with Crippen molar-refractivity contribution < 1.29 is 9.59 Å². The number of hydrogen-bond donors (Lipinski definition) is 2. The number of nitrogens with zero attached hydrogens (tertiary/aromatic N) is 5. The number of amides is 3. The second kappa shape index (κ2) is 10.7. The van der Waals surface area contributed by atoms with E-state index < -0.39 is 0 Å². The number of rotatable bonds is 5. The highest BCUT2D eigenvalue weighted by Gasteiger charge is 2.26. The SMILES string of the molecule is Cc1nc(N2CCN(C(=O)NC3CCCCC3)CC2)nc2c1ccc(=O)n2-c1ccc(C(=O)NC2CC2)cc1. The van der Waals surface area contributed by atoms with Crippen LogP contribution in [0.25, 0.3) is 16.7 Å². The number of anilines is 1. The average molecular weight is 530 g/mol. The number of hydrogen-bond acceptors (Lipinski definition) is 6. The third-order valence-electron chi connectivity index (χ3n) is 8.01. The van der Waals surface area contributed by atoms with Crippen LogP contribution < -0.4 is 21.1 Å². The molecule has 6 rings (SSSR count). The highest BCUT2D eigenvalue weighted by Crippen LogP contribution is 2.23. The minimum atomic E-state index is -0.203. The van der Waals surface area contributed by atoms with E-state index in [4.69, 9.17) is 9.97 Å². The van der Waals surface area contributed by atoms with E-state index in [-0.39, 0.29) is 29.6 Å². The molecule has 3 aromatic rings. The van der Waals surface area contributed by atoms with Crippen LogP contribution in [-0.4, -0.2) is 69.6 Å². The summed E-state index contributed by atoms with van der Waals surface area (Å²) in [6.45, 7) is 4.33. The summed E-state index contributed by atoms with van der Waals surface area (Å²) in [7, 11) is 0. The Balaban J connectivity index is 1.21. The van der Waals surface area contributed by atoms with Gasteiger partial charge in [-0.05, 0) is 62.9 Å². The van der Waals surface area contributed by atoms with E-state index >= 15 is 0 Å². The van der Waals surface area contributed by atoms with Gasteiger partial charge in [-0.3, -0.25) is 14.2 Å². The van der Waals surface area contributed by atoms with E-state index in [2.05, 4.69) is 15.5 Å². The molecule has 39 heavy (non-hydrogen) atoms. The van der Waals surface area contributed by atoms with Gasteiger partial charge in [-0.15, -0.1) is 0 Å². The molecule has 0 bridgehead atoms. The highest BCUT2D eigenvalue weighted by atomic mass is 16.2. The van der Waals surface area contributed by atoms with Crippen molar-refractivity contribution in [2.45, 2.75) is 64.0 Å². The van der Waals surface area contributed by atoms with Gasteiger partial charge in [0.25, 0.3) is 11.5 Å². The summed E-state index contributed by atoms with van der Waals surface area (Å²) >= 11 is 0. The second-order valence-electron chi connectivity index (χ2n) is 10.9. The number of piperazine rings is 1. The Morgan fingerprint density at radius 3 is 2.21 bits per heavy atom. The van der Waals surface area contributed by atoms with Gasteiger partial charge in [0, 0.05) is 55.3 Å². The van der Waals surface area contributed by atoms with Gasteiger partial charge in [0.05, 0.1) is 11.4 Å². The summed E-state index contributed by atoms with van der Waals surface area (Å²) in [5.74, 6) is 0.452. The Morgan fingerprint density at radius 1 is 0.821 bits per heavy atom. The van der Waals surface area contributed by atoms with Crippen LogP contribution in [0.2, 0.25) is 0 Å². The predicted molar refractivity (Wildman–Crippen MR) is 150 cm³/mol. The summed E-state index contributed by atoms with van der Waals surface area (Å²) < 4.78 is 1.57. The molecule has 10 heteroatoms. The largest absolute Gasteiger partial charge is 0.349 e. The van der Waals surface area contributed by atoms with Crippen LogP contribution in [0.5, 0.6) is 0 Å². The van der Waals surface area contributed by atoms with E-state index in [9.17, 15) is 14.4 Å². The third kappa shape index (κ3) is 5.46. The van der Waals surface area contributed by atoms with Gasteiger partial charge in [-0.2, -0.15) is 4.98 Å². The summed E-state index contributed by atoms with van der Waals surface area (Å²) in [5, 5.41) is 6.99. The number of aryl methyl sites for hydroxylation is 1. The van der Waals surface area contributed by atoms with Gasteiger partial charge in [-0.1, -0.05) is 19.3 Å². The normalized spacial score (nSPS) is 18.3. The molecular formula is C29H35N7O3. The molecular weight excluding hydrogens is 494 g/mol. The van der Waals surface area contributed by atoms with E-state index in [1.807, 2.05) is 11.8 Å². The minimum Gasteiger partial charge on any atom is -0.349 e. The first-order valence-electron chi connectivity index (χ1n) is 14.1. The van der Waals surface area contributed by atoms with Gasteiger partial charge in [0.2, 0.25) is 5.95 Å². The molecule has 2 aliphatic carbocycles. The Labute approximate surface area is 227 Å². The fourth-order valence-electron chi connectivity index (χ4n) is 5.52. The first-order valence-corrected chi connectivity index (χ1v) is 14.1. The zero-order valence-corrected chi connectivity index (χ0v) is 22.4. The summed E-state index contributed by atoms with van der Waals surface area (Å²) in [6.07, 6.45) is 7.80. The topological polar surface area (TPSA) is 112 Å². The average Bonchev–Trinajstić information content (AvgIpc) is 3.77. The molecule has 3 amide bonds. The van der Waals surface area contributed by atoms with Crippen molar-refractivity contribution in [2.75, 3.05) is 31.1 Å². The number of pyridine rings is 1. The van der Waals surface area contributed by atoms with E-state index in [1.165, 1.54) is 25.3 Å². The predicted octanol–water partition coefficient (Wildman–Crippen LogP) is 3.15. The van der Waals surface area contributed by atoms with Crippen LogP contribution in [0.3, 0.4) is 0 Å². The first kappa shape index (κ1) is 25.3. The van der Waals surface area contributed by atoms with Crippen LogP contribution >= 0.6 is 0 Å². The van der Waals surface area contributed by atoms with Crippen LogP contribution in [0, 0.1) is 6.92 Å². The molecule has 3 heterocycles. The number of urea groups is 1. The van der Waals surface area contributed by atoms with Crippen LogP contribution in [0.1, 0.15) is 61.0 Å². The molecule has 1 aromatic carbocycles. The van der Waals surface area contributed by atoms with E-state index in [0.29, 0.717) is 49.0 Å². The zero-order chi connectivity index (χ0) is 26.9. The molecule has 2 saturated carbocycles. The zero-order valence-electron chi connectivity index (χ0n) is 22.4. The summed E-state index contributed by atoms with van der Waals surface area (Å²) in [5.41, 5.74) is 2.31. The molecule has 0 radical (unpaired) electrons. The van der Waals surface area contributed by atoms with E-state index in [1.54, 1.807) is 34.9 Å². The fraction of sp³-hybridized carbons (Fsp3) is 0.483. The van der Waals surface area contributed by atoms with Gasteiger partial charge in [-0.25, -0.2) is 9.78 Å². The Morgan fingerprint density at radius 2 is 1.51 bits per heavy atom. The van der Waals surface area contributed by atoms with Crippen LogP contribution in [-0.2, 0) is 0 Å². The van der Waals surface area contributed by atoms with Gasteiger partial charge < -0.3 is 20.4 Å². The van der Waals surface area contributed by atoms with Crippen molar-refractivity contribution >= 4 is 28.9 Å². The van der Waals surface area contributed by atoms with Crippen molar-refractivity contribution in [3.05, 3.63) is 58.0 Å². The maximum Gasteiger partial charge on any atom is 0.317 e. The number of benzene rings is 1. The van der Waals surface area contributed by atoms with Gasteiger partial charge in [0.1, 0.15) is 0 Å². The second-order valence-corrected chi connectivity index (χ2v) is 10.9. The highest BCUT2D eigenvalue weighted by molar-refractivity contribution is 5.94. The molecule has 3 aliphatic rings. The molecule has 1 aliphatic heterocycles. The van der Waals surface area contributed by atoms with Crippen LogP contribution in [0.15, 0.2) is 41.2 Å². The van der Waals surface area contributed by atoms with Crippen molar-refractivity contribution in [1.82, 2.24) is 30.1 Å². The first-order chi connectivity index (χ1) is 19.0. The lowest BCUT2D eigenvalue weighted by Crippen LogP contribution is -2.54. The van der Waals surface area contributed by atoms with E-state index in [0.717, 1.165) is 36.8 Å². The number of carbonyl (C=O) groups excluding carboxylic acids is 2. The Kier molecular flexibility index (Phi) is 6.93. The maximum atomic E-state index is 13.0. The molecule has 204 valence electrons. The molecule has 0 atom stereocenters. The molecule has 0 spiro atoms. The molecule has 2 aromatic heterocycles. The maximum absolute atomic E-state index is 13.0. The molecule has 2 N–H and O–H groups in total. The molecule has 3 fully saturated rings. The molecule has 0 unspecified atom stereocenters. The lowest BCUT2D eigenvalue weighted by Gasteiger charge is -2.36. The third-order valence-corrected chi connectivity index (χ3v) is 8.01. The van der Waals surface area contributed by atoms with Crippen molar-refractivity contribution in [3.63, 3.8) is 0 Å². The van der Waals surface area contributed by atoms with Crippen molar-refractivity contribution in [2.24, 2.45) is 0 Å². The smallest absolute Gasteiger partial charge is 0.317 e. The lowest BCUT2D eigenvalue weighted by molar-refractivity contribution is 0.0951. The molecule has 10 nitrogen and oxygen atoms in total. The summed E-state index contributed by atoms with van der Waals surface area (Å²) in [6, 6.07) is 10.9. The standard InChI is InChI=1S/C29H35N7O3/c1-19-24-13-14-25(37)36(23-11-7-20(8-12-23)27(38)31-22-9-10-22)26(24)33-28(30-19)34-15-17-35(18-16-34)29(39)32-21-5-3-2-4-6-21/h7-8,11-14,21-22H,2-6,9-10,15-18H2,1H3,(H,31,38)(H,32,39). The van der Waals surface area contributed by atoms with Gasteiger partial charge in [0.15, 0.2) is 5.65 Å². The molecule has 1 saturated heterocycles. The van der Waals surface area contributed by atoms with Crippen LogP contribution in [0.4, 0.5) is 10.7 Å². The minimum absolute atomic E-state index is 0.0141. The number of carbonyl (C=O) groups is 2. The van der Waals surface area contributed by atoms with Crippen molar-refractivity contribution in [3.8, 4) is 5.69 Å². The van der Waals surface area contributed by atoms with Gasteiger partial charge >= 0.3 is 6.03 Å². The Hall–Kier alpha value is -3.95.